The van der Waals surface area contributed by atoms with Crippen LogP contribution < -0.4 is 0 Å². The summed E-state index contributed by atoms with van der Waals surface area (Å²) in [7, 11) is 0. The molecule has 0 aromatic heterocycles. The lowest BCUT2D eigenvalue weighted by Crippen LogP contribution is -1.84. The molecule has 0 aliphatic heterocycles. The van der Waals surface area contributed by atoms with E-state index >= 15 is 0 Å². The molecule has 4 heteroatoms. The van der Waals surface area contributed by atoms with Gasteiger partial charge in [-0.1, -0.05) is 48.0 Å². The van der Waals surface area contributed by atoms with Gasteiger partial charge in [0, 0.05) is 22.2 Å². The van der Waals surface area contributed by atoms with Gasteiger partial charge < -0.3 is 5.11 Å². The van der Waals surface area contributed by atoms with Crippen LogP contribution in [0.15, 0.2) is 64.1 Å². The molecule has 0 fully saturated rings. The zero-order chi connectivity index (χ0) is 14.8. The molecule has 0 spiro atoms. The molecule has 0 radical (unpaired) electrons. The van der Waals surface area contributed by atoms with E-state index in [9.17, 15) is 5.11 Å². The number of rotatable bonds is 2. The summed E-state index contributed by atoms with van der Waals surface area (Å²) < 4.78 is 0.550. The van der Waals surface area contributed by atoms with Crippen LogP contribution in [0.25, 0.3) is 10.8 Å². The monoisotopic (exact) mass is 359 g/mol. The standard InChI is InChI=1S/C17H11BrClNO/c18-15-9-13(19)8-12(17(15)21)10-20-16-7-3-5-11-4-1-2-6-14(11)16/h1-10,21H. The van der Waals surface area contributed by atoms with Crippen molar-refractivity contribution in [1.82, 2.24) is 0 Å². The van der Waals surface area contributed by atoms with Crippen molar-refractivity contribution >= 4 is 50.2 Å². The number of nitrogens with zero attached hydrogens (tertiary/aromatic N) is 1. The van der Waals surface area contributed by atoms with E-state index in [-0.39, 0.29) is 5.75 Å². The van der Waals surface area contributed by atoms with Crippen LogP contribution in [-0.2, 0) is 0 Å². The molecule has 0 saturated heterocycles. The molecule has 3 aromatic rings. The van der Waals surface area contributed by atoms with Crippen LogP contribution in [0.4, 0.5) is 5.69 Å². The Bertz CT molecular complexity index is 840. The Morgan fingerprint density at radius 1 is 1.05 bits per heavy atom. The number of phenolic OH excluding ortho intramolecular Hbond substituents is 1. The molecule has 0 heterocycles. The summed E-state index contributed by atoms with van der Waals surface area (Å²) in [5.41, 5.74) is 1.42. The number of phenols is 1. The maximum atomic E-state index is 10.0. The summed E-state index contributed by atoms with van der Waals surface area (Å²) in [5, 5.41) is 12.8. The average molecular weight is 361 g/mol. The highest BCUT2D eigenvalue weighted by Crippen LogP contribution is 2.31. The van der Waals surface area contributed by atoms with Crippen molar-refractivity contribution in [1.29, 1.82) is 0 Å². The fourth-order valence-corrected chi connectivity index (χ4v) is 2.98. The van der Waals surface area contributed by atoms with Crippen molar-refractivity contribution in [2.75, 3.05) is 0 Å². The molecule has 0 unspecified atom stereocenters. The largest absolute Gasteiger partial charge is 0.506 e. The van der Waals surface area contributed by atoms with E-state index in [0.717, 1.165) is 16.5 Å². The van der Waals surface area contributed by atoms with E-state index in [1.54, 1.807) is 18.3 Å². The molecule has 104 valence electrons. The Morgan fingerprint density at radius 2 is 1.81 bits per heavy atom. The number of aromatic hydroxyl groups is 1. The summed E-state index contributed by atoms with van der Waals surface area (Å²) in [6, 6.07) is 17.3. The van der Waals surface area contributed by atoms with Crippen LogP contribution in [0, 0.1) is 0 Å². The second-order valence-corrected chi connectivity index (χ2v) is 5.87. The van der Waals surface area contributed by atoms with E-state index < -0.39 is 0 Å². The molecule has 0 aliphatic carbocycles. The van der Waals surface area contributed by atoms with Crippen LogP contribution in [0.5, 0.6) is 5.75 Å². The molecule has 3 rings (SSSR count). The maximum Gasteiger partial charge on any atom is 0.138 e. The van der Waals surface area contributed by atoms with Gasteiger partial charge in [-0.2, -0.15) is 0 Å². The number of benzene rings is 3. The van der Waals surface area contributed by atoms with Crippen LogP contribution in [-0.4, -0.2) is 11.3 Å². The number of hydrogen-bond acceptors (Lipinski definition) is 2. The quantitative estimate of drug-likeness (QED) is 0.583. The van der Waals surface area contributed by atoms with Crippen molar-refractivity contribution in [3.8, 4) is 5.75 Å². The minimum Gasteiger partial charge on any atom is -0.506 e. The first-order chi connectivity index (χ1) is 10.1. The van der Waals surface area contributed by atoms with Crippen molar-refractivity contribution < 1.29 is 5.11 Å². The predicted octanol–water partition coefficient (Wildman–Crippen LogP) is 5.71. The average Bonchev–Trinajstić information content (AvgIpc) is 2.49. The zero-order valence-electron chi connectivity index (χ0n) is 10.9. The summed E-state index contributed by atoms with van der Waals surface area (Å²) in [6.45, 7) is 0. The third-order valence-electron chi connectivity index (χ3n) is 3.17. The van der Waals surface area contributed by atoms with Crippen molar-refractivity contribution in [3.05, 3.63) is 69.7 Å². The summed E-state index contributed by atoms with van der Waals surface area (Å²) in [6.07, 6.45) is 1.62. The number of aliphatic imine (C=N–C) groups is 1. The summed E-state index contributed by atoms with van der Waals surface area (Å²) in [5.74, 6) is 0.128. The lowest BCUT2D eigenvalue weighted by atomic mass is 10.1. The number of hydrogen-bond donors (Lipinski definition) is 1. The van der Waals surface area contributed by atoms with Gasteiger partial charge in [0.1, 0.15) is 5.75 Å². The van der Waals surface area contributed by atoms with Crippen molar-refractivity contribution in [2.24, 2.45) is 4.99 Å². The lowest BCUT2D eigenvalue weighted by molar-refractivity contribution is 0.471. The molecular formula is C17H11BrClNO. The molecular weight excluding hydrogens is 350 g/mol. The van der Waals surface area contributed by atoms with Gasteiger partial charge in [0.25, 0.3) is 0 Å². The van der Waals surface area contributed by atoms with E-state index in [4.69, 9.17) is 11.6 Å². The molecule has 0 amide bonds. The van der Waals surface area contributed by atoms with Crippen molar-refractivity contribution in [3.63, 3.8) is 0 Å². The topological polar surface area (TPSA) is 32.6 Å². The molecule has 2 nitrogen and oxygen atoms in total. The van der Waals surface area contributed by atoms with Gasteiger partial charge in [-0.25, -0.2) is 0 Å². The van der Waals surface area contributed by atoms with Crippen LogP contribution in [0.2, 0.25) is 5.02 Å². The molecule has 3 aromatic carbocycles. The van der Waals surface area contributed by atoms with Gasteiger partial charge in [-0.05, 0) is 39.5 Å². The normalized spacial score (nSPS) is 11.3. The first-order valence-corrected chi connectivity index (χ1v) is 7.52. The SMILES string of the molecule is Oc1c(Br)cc(Cl)cc1C=Nc1cccc2ccccc12. The second-order valence-electron chi connectivity index (χ2n) is 4.58. The van der Waals surface area contributed by atoms with Crippen molar-refractivity contribution in [2.45, 2.75) is 0 Å². The Morgan fingerprint density at radius 3 is 2.67 bits per heavy atom. The van der Waals surface area contributed by atoms with E-state index in [1.807, 2.05) is 42.5 Å². The van der Waals surface area contributed by atoms with Crippen LogP contribution >= 0.6 is 27.5 Å². The Kier molecular flexibility index (Phi) is 3.95. The highest BCUT2D eigenvalue weighted by atomic mass is 79.9. The third kappa shape index (κ3) is 2.94. The van der Waals surface area contributed by atoms with Gasteiger partial charge in [0.15, 0.2) is 0 Å². The highest BCUT2D eigenvalue weighted by Gasteiger charge is 2.06. The Labute approximate surface area is 135 Å². The zero-order valence-corrected chi connectivity index (χ0v) is 13.3. The van der Waals surface area contributed by atoms with Crippen LogP contribution in [0.1, 0.15) is 5.56 Å². The molecule has 21 heavy (non-hydrogen) atoms. The molecule has 1 N–H and O–H groups in total. The molecule has 0 saturated carbocycles. The Hall–Kier alpha value is -1.84. The van der Waals surface area contributed by atoms with Crippen LogP contribution in [0.3, 0.4) is 0 Å². The summed E-state index contributed by atoms with van der Waals surface area (Å²) >= 11 is 9.26. The third-order valence-corrected chi connectivity index (χ3v) is 3.99. The molecule has 0 atom stereocenters. The molecule has 0 aliphatic rings. The molecule has 0 bridgehead atoms. The fourth-order valence-electron chi connectivity index (χ4n) is 2.14. The first-order valence-electron chi connectivity index (χ1n) is 6.35. The van der Waals surface area contributed by atoms with E-state index in [1.165, 1.54) is 0 Å². The van der Waals surface area contributed by atoms with Gasteiger partial charge in [-0.3, -0.25) is 4.99 Å². The van der Waals surface area contributed by atoms with Gasteiger partial charge >= 0.3 is 0 Å². The van der Waals surface area contributed by atoms with E-state index in [2.05, 4.69) is 20.9 Å². The minimum absolute atomic E-state index is 0.128. The maximum absolute atomic E-state index is 10.0. The second kappa shape index (κ2) is 5.88. The van der Waals surface area contributed by atoms with Gasteiger partial charge in [-0.15, -0.1) is 0 Å². The van der Waals surface area contributed by atoms with E-state index in [0.29, 0.717) is 15.1 Å². The number of halogens is 2. The van der Waals surface area contributed by atoms with Gasteiger partial charge in [0.2, 0.25) is 0 Å². The smallest absolute Gasteiger partial charge is 0.138 e. The van der Waals surface area contributed by atoms with Gasteiger partial charge in [0.05, 0.1) is 10.2 Å². The fraction of sp³-hybridized carbons (Fsp3) is 0. The lowest BCUT2D eigenvalue weighted by Gasteiger charge is -2.04. The predicted molar refractivity (Wildman–Crippen MR) is 92.0 cm³/mol. The minimum atomic E-state index is 0.128. The Balaban J connectivity index is 2.06. The highest BCUT2D eigenvalue weighted by molar-refractivity contribution is 9.10. The summed E-state index contributed by atoms with van der Waals surface area (Å²) in [4.78, 5) is 4.48. The number of fused-ring (bicyclic) bond motifs is 1. The first kappa shape index (κ1) is 14.1.